The molecule has 1 aliphatic rings. The Balaban J connectivity index is 1.81. The quantitative estimate of drug-likeness (QED) is 0.657. The molecule has 1 aliphatic heterocycles. The number of hydrogen-bond acceptors (Lipinski definition) is 6. The summed E-state index contributed by atoms with van der Waals surface area (Å²) < 4.78 is 21.5. The van der Waals surface area contributed by atoms with Crippen LogP contribution in [0.2, 0.25) is 0 Å². The SMILES string of the molecule is COc1ccc([C@@H](CNC(=O)c2ccc(OC)c(OC)c2OC)N2CCCCC2)cc1. The van der Waals surface area contributed by atoms with Crippen LogP contribution in [-0.4, -0.2) is 58.9 Å². The average molecular weight is 429 g/mol. The Morgan fingerprint density at radius 2 is 1.55 bits per heavy atom. The first-order chi connectivity index (χ1) is 15.1. The van der Waals surface area contributed by atoms with Gasteiger partial charge in [-0.25, -0.2) is 0 Å². The third-order valence-corrected chi connectivity index (χ3v) is 5.74. The average Bonchev–Trinajstić information content (AvgIpc) is 2.83. The Kier molecular flexibility index (Phi) is 8.00. The molecule has 0 aliphatic carbocycles. The van der Waals surface area contributed by atoms with Gasteiger partial charge in [0.25, 0.3) is 5.91 Å². The molecule has 7 heteroatoms. The van der Waals surface area contributed by atoms with Gasteiger partial charge in [-0.1, -0.05) is 18.6 Å². The van der Waals surface area contributed by atoms with Crippen molar-refractivity contribution in [3.05, 3.63) is 47.5 Å². The van der Waals surface area contributed by atoms with E-state index in [2.05, 4.69) is 22.3 Å². The maximum atomic E-state index is 13.1. The van der Waals surface area contributed by atoms with Crippen LogP contribution in [0.3, 0.4) is 0 Å². The maximum absolute atomic E-state index is 13.1. The van der Waals surface area contributed by atoms with E-state index in [4.69, 9.17) is 18.9 Å². The monoisotopic (exact) mass is 428 g/mol. The molecule has 0 spiro atoms. The second kappa shape index (κ2) is 10.9. The zero-order chi connectivity index (χ0) is 22.2. The smallest absolute Gasteiger partial charge is 0.255 e. The van der Waals surface area contributed by atoms with E-state index in [0.717, 1.165) is 24.4 Å². The molecule has 168 valence electrons. The van der Waals surface area contributed by atoms with Gasteiger partial charge in [0.1, 0.15) is 5.75 Å². The number of likely N-dealkylation sites (tertiary alicyclic amines) is 1. The summed E-state index contributed by atoms with van der Waals surface area (Å²) in [5.74, 6) is 1.88. The molecule has 1 atom stereocenters. The number of carbonyl (C=O) groups excluding carboxylic acids is 1. The van der Waals surface area contributed by atoms with Crippen LogP contribution in [0.5, 0.6) is 23.0 Å². The Morgan fingerprint density at radius 1 is 0.871 bits per heavy atom. The van der Waals surface area contributed by atoms with Crippen molar-refractivity contribution in [3.8, 4) is 23.0 Å². The third-order valence-electron chi connectivity index (χ3n) is 5.74. The van der Waals surface area contributed by atoms with Crippen molar-refractivity contribution in [1.29, 1.82) is 0 Å². The second-order valence-electron chi connectivity index (χ2n) is 7.48. The fraction of sp³-hybridized carbons (Fsp3) is 0.458. The van der Waals surface area contributed by atoms with Crippen molar-refractivity contribution in [2.75, 3.05) is 48.1 Å². The predicted molar refractivity (Wildman–Crippen MR) is 120 cm³/mol. The fourth-order valence-electron chi connectivity index (χ4n) is 4.08. The van der Waals surface area contributed by atoms with E-state index in [1.54, 1.807) is 26.4 Å². The first-order valence-corrected chi connectivity index (χ1v) is 10.6. The molecule has 2 aromatic carbocycles. The minimum Gasteiger partial charge on any atom is -0.497 e. The number of amides is 1. The minimum absolute atomic E-state index is 0.0845. The van der Waals surface area contributed by atoms with Gasteiger partial charge >= 0.3 is 0 Å². The van der Waals surface area contributed by atoms with Crippen molar-refractivity contribution in [2.24, 2.45) is 0 Å². The number of piperidine rings is 1. The first-order valence-electron chi connectivity index (χ1n) is 10.6. The molecular formula is C24H32N2O5. The van der Waals surface area contributed by atoms with Gasteiger partial charge in [-0.3, -0.25) is 9.69 Å². The molecule has 0 radical (unpaired) electrons. The van der Waals surface area contributed by atoms with Crippen molar-refractivity contribution in [1.82, 2.24) is 10.2 Å². The summed E-state index contributed by atoms with van der Waals surface area (Å²) in [5, 5.41) is 3.10. The zero-order valence-corrected chi connectivity index (χ0v) is 18.8. The van der Waals surface area contributed by atoms with Crippen molar-refractivity contribution >= 4 is 5.91 Å². The molecule has 0 aromatic heterocycles. The van der Waals surface area contributed by atoms with Crippen LogP contribution in [0.15, 0.2) is 36.4 Å². The molecule has 7 nitrogen and oxygen atoms in total. The van der Waals surface area contributed by atoms with Gasteiger partial charge in [0.15, 0.2) is 11.5 Å². The van der Waals surface area contributed by atoms with Crippen LogP contribution >= 0.6 is 0 Å². The lowest BCUT2D eigenvalue weighted by Crippen LogP contribution is -2.40. The van der Waals surface area contributed by atoms with E-state index >= 15 is 0 Å². The van der Waals surface area contributed by atoms with E-state index in [1.165, 1.54) is 33.5 Å². The summed E-state index contributed by atoms with van der Waals surface area (Å²) in [7, 11) is 6.25. The molecule has 0 unspecified atom stereocenters. The Hall–Kier alpha value is -2.93. The van der Waals surface area contributed by atoms with E-state index in [1.807, 2.05) is 12.1 Å². The third kappa shape index (κ3) is 5.22. The summed E-state index contributed by atoms with van der Waals surface area (Å²) in [5.41, 5.74) is 1.56. The van der Waals surface area contributed by atoms with Gasteiger partial charge in [0, 0.05) is 6.54 Å². The Morgan fingerprint density at radius 3 is 2.13 bits per heavy atom. The summed E-state index contributed by atoms with van der Waals surface area (Å²) in [6.07, 6.45) is 3.59. The molecule has 1 fully saturated rings. The number of carbonyl (C=O) groups is 1. The highest BCUT2D eigenvalue weighted by atomic mass is 16.5. The molecule has 2 aromatic rings. The molecule has 3 rings (SSSR count). The lowest BCUT2D eigenvalue weighted by molar-refractivity contribution is 0.0920. The number of ether oxygens (including phenoxy) is 4. The fourth-order valence-corrected chi connectivity index (χ4v) is 4.08. The normalized spacial score (nSPS) is 15.1. The summed E-state index contributed by atoms with van der Waals surface area (Å²) in [4.78, 5) is 15.5. The number of hydrogen-bond donors (Lipinski definition) is 1. The number of methoxy groups -OCH3 is 4. The zero-order valence-electron chi connectivity index (χ0n) is 18.8. The highest BCUT2D eigenvalue weighted by Crippen LogP contribution is 2.39. The maximum Gasteiger partial charge on any atom is 0.255 e. The number of nitrogens with one attached hydrogen (secondary N) is 1. The van der Waals surface area contributed by atoms with E-state index in [-0.39, 0.29) is 11.9 Å². The van der Waals surface area contributed by atoms with Crippen LogP contribution in [0.4, 0.5) is 0 Å². The minimum atomic E-state index is -0.215. The van der Waals surface area contributed by atoms with Gasteiger partial charge in [-0.05, 0) is 55.8 Å². The molecule has 1 amide bonds. The van der Waals surface area contributed by atoms with Crippen LogP contribution in [0.1, 0.15) is 41.2 Å². The van der Waals surface area contributed by atoms with Gasteiger partial charge in [-0.15, -0.1) is 0 Å². The van der Waals surface area contributed by atoms with Crippen LogP contribution in [0.25, 0.3) is 0 Å². The molecular weight excluding hydrogens is 396 g/mol. The lowest BCUT2D eigenvalue weighted by atomic mass is 10.0. The van der Waals surface area contributed by atoms with Crippen LogP contribution < -0.4 is 24.3 Å². The van der Waals surface area contributed by atoms with Crippen LogP contribution in [-0.2, 0) is 0 Å². The number of nitrogens with zero attached hydrogens (tertiary/aromatic N) is 1. The van der Waals surface area contributed by atoms with E-state index < -0.39 is 0 Å². The molecule has 0 saturated carbocycles. The van der Waals surface area contributed by atoms with Crippen LogP contribution in [0, 0.1) is 0 Å². The summed E-state index contributed by atoms with van der Waals surface area (Å²) in [6.45, 7) is 2.53. The van der Waals surface area contributed by atoms with Gasteiger partial charge in [0.2, 0.25) is 5.75 Å². The largest absolute Gasteiger partial charge is 0.497 e. The molecule has 31 heavy (non-hydrogen) atoms. The van der Waals surface area contributed by atoms with Crippen molar-refractivity contribution < 1.29 is 23.7 Å². The number of benzene rings is 2. The van der Waals surface area contributed by atoms with Gasteiger partial charge < -0.3 is 24.3 Å². The standard InChI is InChI=1S/C24H32N2O5/c1-28-18-10-8-17(9-11-18)20(26-14-6-5-7-15-26)16-25-24(27)19-12-13-21(29-2)23(31-4)22(19)30-3/h8-13,20H,5-7,14-16H2,1-4H3,(H,25,27)/t20-/m1/s1. The first kappa shape index (κ1) is 22.7. The Labute approximate surface area is 184 Å². The van der Waals surface area contributed by atoms with E-state index in [9.17, 15) is 4.79 Å². The van der Waals surface area contributed by atoms with Crippen molar-refractivity contribution in [3.63, 3.8) is 0 Å². The van der Waals surface area contributed by atoms with Gasteiger partial charge in [0.05, 0.1) is 40.0 Å². The topological polar surface area (TPSA) is 69.3 Å². The summed E-state index contributed by atoms with van der Waals surface area (Å²) >= 11 is 0. The Bertz CT molecular complexity index is 863. The lowest BCUT2D eigenvalue weighted by Gasteiger charge is -2.35. The van der Waals surface area contributed by atoms with Gasteiger partial charge in [-0.2, -0.15) is 0 Å². The van der Waals surface area contributed by atoms with E-state index in [0.29, 0.717) is 29.4 Å². The highest BCUT2D eigenvalue weighted by Gasteiger charge is 2.25. The molecule has 0 bridgehead atoms. The number of rotatable bonds is 9. The summed E-state index contributed by atoms with van der Waals surface area (Å²) in [6, 6.07) is 11.6. The highest BCUT2D eigenvalue weighted by molar-refractivity contribution is 5.98. The molecule has 1 N–H and O–H groups in total. The second-order valence-corrected chi connectivity index (χ2v) is 7.48. The molecule has 1 heterocycles. The molecule has 1 saturated heterocycles. The van der Waals surface area contributed by atoms with Crippen molar-refractivity contribution in [2.45, 2.75) is 25.3 Å². The predicted octanol–water partition coefficient (Wildman–Crippen LogP) is 3.68.